The summed E-state index contributed by atoms with van der Waals surface area (Å²) in [7, 11) is 0. The van der Waals surface area contributed by atoms with E-state index in [1.54, 1.807) is 0 Å². The summed E-state index contributed by atoms with van der Waals surface area (Å²) in [6, 6.07) is 7.09. The van der Waals surface area contributed by atoms with Crippen molar-refractivity contribution in [2.24, 2.45) is 17.8 Å². The molecule has 3 aliphatic rings. The smallest absolute Gasteiger partial charge is 0.308 e. The Bertz CT molecular complexity index is 946. The van der Waals surface area contributed by atoms with Crippen LogP contribution in [0.25, 0.3) is 0 Å². The highest BCUT2D eigenvalue weighted by molar-refractivity contribution is 7.99. The largest absolute Gasteiger partial charge is 0.493 e. The first-order chi connectivity index (χ1) is 14.1. The number of rotatable bonds is 1. The molecular weight excluding hydrogens is 395 g/mol. The molecule has 9 heteroatoms. The van der Waals surface area contributed by atoms with Gasteiger partial charge in [0.05, 0.1) is 18.7 Å². The number of hydrogen-bond acceptors (Lipinski definition) is 7. The second-order valence-corrected chi connectivity index (χ2v) is 9.08. The van der Waals surface area contributed by atoms with Gasteiger partial charge in [-0.15, -0.1) is 0 Å². The number of carboxylic acids is 1. The third-order valence-corrected chi connectivity index (χ3v) is 7.42. The number of fused-ring (bicyclic) bond motifs is 5. The molecule has 5 atom stereocenters. The summed E-state index contributed by atoms with van der Waals surface area (Å²) in [4.78, 5) is 20.2. The van der Waals surface area contributed by atoms with Crippen LogP contribution < -0.4 is 15.4 Å². The van der Waals surface area contributed by atoms with Crippen molar-refractivity contribution in [3.63, 3.8) is 0 Å². The molecule has 2 aromatic rings. The first-order valence-corrected chi connectivity index (χ1v) is 10.8. The van der Waals surface area contributed by atoms with Crippen molar-refractivity contribution in [1.82, 2.24) is 9.97 Å². The number of carboxylic acid groups (broad SMARTS) is 1. The van der Waals surface area contributed by atoms with Gasteiger partial charge in [-0.3, -0.25) is 4.79 Å². The van der Waals surface area contributed by atoms with Gasteiger partial charge in [-0.25, -0.2) is 9.37 Å². The Hall–Kier alpha value is -2.55. The zero-order chi connectivity index (χ0) is 20.0. The Kier molecular flexibility index (Phi) is 4.69. The van der Waals surface area contributed by atoms with Gasteiger partial charge in [-0.2, -0.15) is 16.7 Å². The molecular formula is C20H21FN4O3S. The lowest BCUT2D eigenvalue weighted by molar-refractivity contribution is -0.143. The van der Waals surface area contributed by atoms with E-state index >= 15 is 0 Å². The molecule has 152 valence electrons. The van der Waals surface area contributed by atoms with Gasteiger partial charge in [0, 0.05) is 28.8 Å². The minimum absolute atomic E-state index is 0.0392. The molecule has 2 saturated carbocycles. The van der Waals surface area contributed by atoms with Gasteiger partial charge in [-0.1, -0.05) is 6.07 Å². The average molecular weight is 416 g/mol. The molecule has 0 saturated heterocycles. The molecule has 0 unspecified atom stereocenters. The van der Waals surface area contributed by atoms with Crippen LogP contribution in [0.15, 0.2) is 30.5 Å². The van der Waals surface area contributed by atoms with E-state index in [2.05, 4.69) is 20.6 Å². The minimum Gasteiger partial charge on any atom is -0.493 e. The van der Waals surface area contributed by atoms with Crippen LogP contribution in [-0.2, 0) is 4.79 Å². The Morgan fingerprint density at radius 2 is 2.24 bits per heavy atom. The molecule has 3 N–H and O–H groups in total. The maximum Gasteiger partial charge on any atom is 0.308 e. The molecule has 0 amide bonds. The summed E-state index contributed by atoms with van der Waals surface area (Å²) in [6.07, 6.45) is 2.82. The zero-order valence-corrected chi connectivity index (χ0v) is 16.4. The first-order valence-electron chi connectivity index (χ1n) is 9.72. The number of anilines is 3. The van der Waals surface area contributed by atoms with Gasteiger partial charge in [0.2, 0.25) is 5.95 Å². The zero-order valence-electron chi connectivity index (χ0n) is 15.5. The summed E-state index contributed by atoms with van der Waals surface area (Å²) < 4.78 is 20.3. The van der Waals surface area contributed by atoms with Crippen LogP contribution in [0.5, 0.6) is 5.75 Å². The fourth-order valence-electron chi connectivity index (χ4n) is 4.88. The second kappa shape index (κ2) is 7.37. The van der Waals surface area contributed by atoms with Gasteiger partial charge < -0.3 is 20.5 Å². The summed E-state index contributed by atoms with van der Waals surface area (Å²) in [5.74, 6) is 0.130. The number of nitrogens with one attached hydrogen (secondary N) is 2. The van der Waals surface area contributed by atoms with Crippen molar-refractivity contribution in [2.75, 3.05) is 23.0 Å². The van der Waals surface area contributed by atoms with E-state index < -0.39 is 17.7 Å². The van der Waals surface area contributed by atoms with Crippen LogP contribution in [0.3, 0.4) is 0 Å². The van der Waals surface area contributed by atoms with E-state index in [0.717, 1.165) is 36.2 Å². The van der Waals surface area contributed by atoms with E-state index in [1.807, 2.05) is 36.0 Å². The van der Waals surface area contributed by atoms with Gasteiger partial charge in [0.1, 0.15) is 5.75 Å². The van der Waals surface area contributed by atoms with E-state index in [9.17, 15) is 14.3 Å². The third kappa shape index (κ3) is 3.48. The normalized spacial score (nSPS) is 30.3. The number of nitrogens with zero attached hydrogens (tertiary/aromatic N) is 2. The summed E-state index contributed by atoms with van der Waals surface area (Å²) in [6.45, 7) is 0.571. The fraction of sp³-hybridized carbons (Fsp3) is 0.450. The standard InChI is InChI=1S/C20H21FN4O3S/c21-14-9-22-20-23-11-2-1-3-12(8-11)28-4-5-29-15-7-10-6-13(15)17(16(10)19(26)27)24-18(14)25-20/h1-3,8-10,13,15-17H,4-7H2,(H,26,27)(H2,22,23,24,25)/t10-,13+,15+,16-,17+/m0/s1. The van der Waals surface area contributed by atoms with Gasteiger partial charge in [0.15, 0.2) is 11.6 Å². The van der Waals surface area contributed by atoms with Crippen LogP contribution in [0.2, 0.25) is 0 Å². The van der Waals surface area contributed by atoms with Crippen LogP contribution in [0.1, 0.15) is 12.8 Å². The molecule has 2 heterocycles. The predicted octanol–water partition coefficient (Wildman–Crippen LogP) is 3.37. The quantitative estimate of drug-likeness (QED) is 0.651. The number of aromatic nitrogens is 2. The Balaban J connectivity index is 1.51. The van der Waals surface area contributed by atoms with Crippen molar-refractivity contribution < 1.29 is 19.0 Å². The monoisotopic (exact) mass is 416 g/mol. The van der Waals surface area contributed by atoms with Crippen molar-refractivity contribution in [3.8, 4) is 5.75 Å². The number of hydrogen-bond donors (Lipinski definition) is 3. The van der Waals surface area contributed by atoms with Crippen molar-refractivity contribution in [3.05, 3.63) is 36.3 Å². The Labute approximate surface area is 171 Å². The molecule has 0 spiro atoms. The summed E-state index contributed by atoms with van der Waals surface area (Å²) >= 11 is 1.82. The van der Waals surface area contributed by atoms with Crippen LogP contribution in [-0.4, -0.2) is 44.7 Å². The molecule has 1 aliphatic heterocycles. The molecule has 6 bridgehead atoms. The van der Waals surface area contributed by atoms with Crippen LogP contribution in [0, 0.1) is 23.6 Å². The van der Waals surface area contributed by atoms with Gasteiger partial charge in [-0.05, 0) is 36.8 Å². The van der Waals surface area contributed by atoms with E-state index in [-0.39, 0.29) is 29.6 Å². The second-order valence-electron chi connectivity index (χ2n) is 7.73. The molecule has 1 aromatic heterocycles. The summed E-state index contributed by atoms with van der Waals surface area (Å²) in [5, 5.41) is 16.3. The van der Waals surface area contributed by atoms with Crippen LogP contribution >= 0.6 is 11.8 Å². The molecule has 7 nitrogen and oxygen atoms in total. The molecule has 2 aliphatic carbocycles. The SMILES string of the molecule is O=C(O)[C@H]1[C@H]2C[C@H]3[C@H]1Nc1nc(ncc1F)Nc1cccc(c1)OCCS[C@@H]3C2. The van der Waals surface area contributed by atoms with Gasteiger partial charge >= 0.3 is 5.97 Å². The molecule has 1 aromatic carbocycles. The predicted molar refractivity (Wildman–Crippen MR) is 108 cm³/mol. The lowest BCUT2D eigenvalue weighted by atomic mass is 9.84. The number of aliphatic carboxylic acids is 1. The fourth-order valence-corrected chi connectivity index (χ4v) is 6.28. The average Bonchev–Trinajstić information content (AvgIpc) is 3.26. The number of benzene rings is 1. The van der Waals surface area contributed by atoms with Crippen molar-refractivity contribution in [2.45, 2.75) is 24.1 Å². The van der Waals surface area contributed by atoms with E-state index in [4.69, 9.17) is 4.74 Å². The maximum absolute atomic E-state index is 14.5. The van der Waals surface area contributed by atoms with E-state index in [0.29, 0.717) is 11.9 Å². The number of thioether (sulfide) groups is 1. The Morgan fingerprint density at radius 3 is 3.10 bits per heavy atom. The van der Waals surface area contributed by atoms with Crippen molar-refractivity contribution >= 4 is 35.2 Å². The number of carbonyl (C=O) groups is 1. The highest BCUT2D eigenvalue weighted by Gasteiger charge is 2.55. The molecule has 5 rings (SSSR count). The number of ether oxygens (including phenoxy) is 1. The molecule has 2 fully saturated rings. The van der Waals surface area contributed by atoms with E-state index in [1.165, 1.54) is 0 Å². The number of halogens is 1. The van der Waals surface area contributed by atoms with Crippen LogP contribution in [0.4, 0.5) is 21.8 Å². The van der Waals surface area contributed by atoms with Gasteiger partial charge in [0.25, 0.3) is 0 Å². The Morgan fingerprint density at radius 1 is 1.34 bits per heavy atom. The first kappa shape index (κ1) is 18.5. The molecule has 29 heavy (non-hydrogen) atoms. The minimum atomic E-state index is -0.830. The lowest BCUT2D eigenvalue weighted by Crippen LogP contribution is -2.44. The maximum atomic E-state index is 14.5. The lowest BCUT2D eigenvalue weighted by Gasteiger charge is -2.34. The highest BCUT2D eigenvalue weighted by atomic mass is 32.2. The molecule has 0 radical (unpaired) electrons. The topological polar surface area (TPSA) is 96.4 Å². The third-order valence-electron chi connectivity index (χ3n) is 6.05. The van der Waals surface area contributed by atoms with Crippen molar-refractivity contribution in [1.29, 1.82) is 0 Å². The summed E-state index contributed by atoms with van der Waals surface area (Å²) in [5.41, 5.74) is 0.729. The highest BCUT2D eigenvalue weighted by Crippen LogP contribution is 2.53.